The third-order valence-electron chi connectivity index (χ3n) is 1.66. The molecule has 0 aliphatic heterocycles. The summed E-state index contributed by atoms with van der Waals surface area (Å²) in [6.07, 6.45) is 0.965. The smallest absolute Gasteiger partial charge is 0.198 e. The Bertz CT molecular complexity index is 194. The number of Topliss-reactive ketones (excluding diaryl/α,β-unsaturated/α-hetero) is 3. The third-order valence-corrected chi connectivity index (χ3v) is 1.66. The Labute approximate surface area is 72.1 Å². The molecule has 0 bridgehead atoms. The van der Waals surface area contributed by atoms with Crippen molar-refractivity contribution in [3.05, 3.63) is 0 Å². The molecule has 0 atom stereocenters. The van der Waals surface area contributed by atoms with Crippen molar-refractivity contribution < 1.29 is 14.4 Å². The molecule has 0 amide bonds. The van der Waals surface area contributed by atoms with Crippen molar-refractivity contribution in [2.24, 2.45) is 0 Å². The molecular weight excluding hydrogens is 156 g/mol. The molecular formula is C9H14O3. The lowest BCUT2D eigenvalue weighted by Gasteiger charge is -1.95. The molecule has 0 aromatic heterocycles. The first kappa shape index (κ1) is 11.0. The Hall–Kier alpha value is -0.990. The second-order valence-electron chi connectivity index (χ2n) is 2.59. The van der Waals surface area contributed by atoms with E-state index in [1.807, 2.05) is 0 Å². The molecule has 3 nitrogen and oxygen atoms in total. The van der Waals surface area contributed by atoms with Crippen molar-refractivity contribution >= 4 is 17.3 Å². The third kappa shape index (κ3) is 4.01. The Balaban J connectivity index is 3.72. The molecule has 0 aliphatic carbocycles. The molecule has 0 fully saturated rings. The largest absolute Gasteiger partial charge is 0.300 e. The molecule has 0 saturated carbocycles. The van der Waals surface area contributed by atoms with E-state index in [1.165, 1.54) is 0 Å². The molecule has 0 N–H and O–H groups in total. The van der Waals surface area contributed by atoms with Crippen LogP contribution in [0.4, 0.5) is 0 Å². The van der Waals surface area contributed by atoms with Crippen molar-refractivity contribution in [2.45, 2.75) is 39.5 Å². The Morgan fingerprint density at radius 2 is 1.42 bits per heavy atom. The van der Waals surface area contributed by atoms with Crippen LogP contribution >= 0.6 is 0 Å². The van der Waals surface area contributed by atoms with Gasteiger partial charge in [-0.25, -0.2) is 0 Å². The van der Waals surface area contributed by atoms with E-state index in [2.05, 4.69) is 0 Å². The first-order chi connectivity index (χ1) is 5.61. The molecule has 0 radical (unpaired) electrons. The van der Waals surface area contributed by atoms with Crippen molar-refractivity contribution in [1.29, 1.82) is 0 Å². The molecule has 68 valence electrons. The molecule has 0 saturated heterocycles. The monoisotopic (exact) mass is 170 g/mol. The molecule has 3 heteroatoms. The van der Waals surface area contributed by atoms with Gasteiger partial charge in [-0.1, -0.05) is 13.8 Å². The van der Waals surface area contributed by atoms with Gasteiger partial charge in [0, 0.05) is 25.7 Å². The maximum absolute atomic E-state index is 10.9. The van der Waals surface area contributed by atoms with Gasteiger partial charge in [-0.05, 0) is 0 Å². The van der Waals surface area contributed by atoms with Crippen molar-refractivity contribution in [2.75, 3.05) is 0 Å². The molecule has 0 aromatic carbocycles. The van der Waals surface area contributed by atoms with Crippen LogP contribution in [0.15, 0.2) is 0 Å². The maximum Gasteiger partial charge on any atom is 0.198 e. The summed E-state index contributed by atoms with van der Waals surface area (Å²) in [5, 5.41) is 0. The lowest BCUT2D eigenvalue weighted by atomic mass is 10.1. The summed E-state index contributed by atoms with van der Waals surface area (Å²) < 4.78 is 0. The molecule has 0 rings (SSSR count). The topological polar surface area (TPSA) is 51.2 Å². The van der Waals surface area contributed by atoms with E-state index in [1.54, 1.807) is 13.8 Å². The lowest BCUT2D eigenvalue weighted by molar-refractivity contribution is -0.137. The normalized spacial score (nSPS) is 9.50. The van der Waals surface area contributed by atoms with Gasteiger partial charge in [0.25, 0.3) is 0 Å². The number of rotatable bonds is 6. The Morgan fingerprint density at radius 3 is 1.83 bits per heavy atom. The highest BCUT2D eigenvalue weighted by atomic mass is 16.2. The SMILES string of the molecule is CCC(=O)CCC(=O)C(=O)CC. The highest BCUT2D eigenvalue weighted by molar-refractivity contribution is 6.37. The van der Waals surface area contributed by atoms with E-state index >= 15 is 0 Å². The van der Waals surface area contributed by atoms with Crippen LogP contribution in [-0.2, 0) is 14.4 Å². The zero-order valence-electron chi connectivity index (χ0n) is 7.55. The number of hydrogen-bond donors (Lipinski definition) is 0. The van der Waals surface area contributed by atoms with Crippen LogP contribution < -0.4 is 0 Å². The van der Waals surface area contributed by atoms with Crippen LogP contribution in [0.2, 0.25) is 0 Å². The second-order valence-corrected chi connectivity index (χ2v) is 2.59. The van der Waals surface area contributed by atoms with E-state index in [-0.39, 0.29) is 30.8 Å². The summed E-state index contributed by atoms with van der Waals surface area (Å²) in [7, 11) is 0. The van der Waals surface area contributed by atoms with Gasteiger partial charge in [-0.3, -0.25) is 14.4 Å². The predicted octanol–water partition coefficient (Wildman–Crippen LogP) is 1.29. The van der Waals surface area contributed by atoms with E-state index < -0.39 is 5.78 Å². The van der Waals surface area contributed by atoms with E-state index in [0.717, 1.165) is 0 Å². The van der Waals surface area contributed by atoms with Crippen molar-refractivity contribution in [3.8, 4) is 0 Å². The van der Waals surface area contributed by atoms with Gasteiger partial charge in [0.05, 0.1) is 0 Å². The van der Waals surface area contributed by atoms with Crippen LogP contribution in [0.5, 0.6) is 0 Å². The fourth-order valence-electron chi connectivity index (χ4n) is 0.766. The number of hydrogen-bond acceptors (Lipinski definition) is 3. The standard InChI is InChI=1S/C9H14O3/c1-3-7(10)5-6-9(12)8(11)4-2/h3-6H2,1-2H3. The second kappa shape index (κ2) is 5.63. The van der Waals surface area contributed by atoms with Gasteiger partial charge >= 0.3 is 0 Å². The van der Waals surface area contributed by atoms with Gasteiger partial charge in [-0.15, -0.1) is 0 Å². The first-order valence-corrected chi connectivity index (χ1v) is 4.19. The van der Waals surface area contributed by atoms with Crippen molar-refractivity contribution in [1.82, 2.24) is 0 Å². The minimum atomic E-state index is -0.417. The van der Waals surface area contributed by atoms with Gasteiger partial charge in [0.15, 0.2) is 11.6 Å². The number of carbonyl (C=O) groups is 3. The van der Waals surface area contributed by atoms with Crippen LogP contribution in [0, 0.1) is 0 Å². The highest BCUT2D eigenvalue weighted by Gasteiger charge is 2.11. The highest BCUT2D eigenvalue weighted by Crippen LogP contribution is 1.98. The summed E-state index contributed by atoms with van der Waals surface area (Å²) in [4.78, 5) is 32.4. The predicted molar refractivity (Wildman–Crippen MR) is 44.8 cm³/mol. The van der Waals surface area contributed by atoms with Crippen LogP contribution in [0.3, 0.4) is 0 Å². The van der Waals surface area contributed by atoms with Gasteiger partial charge < -0.3 is 0 Å². The first-order valence-electron chi connectivity index (χ1n) is 4.19. The van der Waals surface area contributed by atoms with E-state index in [9.17, 15) is 14.4 Å². The molecule has 0 aromatic rings. The van der Waals surface area contributed by atoms with Crippen LogP contribution in [0.1, 0.15) is 39.5 Å². The lowest BCUT2D eigenvalue weighted by Crippen LogP contribution is -2.13. The molecule has 0 unspecified atom stereocenters. The molecule has 0 spiro atoms. The summed E-state index contributed by atoms with van der Waals surface area (Å²) >= 11 is 0. The summed E-state index contributed by atoms with van der Waals surface area (Å²) in [6, 6.07) is 0. The van der Waals surface area contributed by atoms with Gasteiger partial charge in [0.1, 0.15) is 5.78 Å². The zero-order chi connectivity index (χ0) is 9.56. The fourth-order valence-corrected chi connectivity index (χ4v) is 0.766. The molecule has 0 heterocycles. The average molecular weight is 170 g/mol. The Morgan fingerprint density at radius 1 is 0.833 bits per heavy atom. The quantitative estimate of drug-likeness (QED) is 0.564. The maximum atomic E-state index is 10.9. The van der Waals surface area contributed by atoms with Crippen molar-refractivity contribution in [3.63, 3.8) is 0 Å². The summed E-state index contributed by atoms with van der Waals surface area (Å²) in [5.41, 5.74) is 0. The fraction of sp³-hybridized carbons (Fsp3) is 0.667. The Kier molecular flexibility index (Phi) is 5.17. The van der Waals surface area contributed by atoms with E-state index in [0.29, 0.717) is 6.42 Å². The minimum absolute atomic E-state index is 0.0345. The number of carbonyl (C=O) groups excluding carboxylic acids is 3. The van der Waals surface area contributed by atoms with Gasteiger partial charge in [-0.2, -0.15) is 0 Å². The number of ketones is 3. The van der Waals surface area contributed by atoms with Gasteiger partial charge in [0.2, 0.25) is 0 Å². The molecule has 0 aliphatic rings. The zero-order valence-corrected chi connectivity index (χ0v) is 7.55. The minimum Gasteiger partial charge on any atom is -0.300 e. The average Bonchev–Trinajstić information content (AvgIpc) is 2.11. The summed E-state index contributed by atoms with van der Waals surface area (Å²) in [5.74, 6) is -0.759. The van der Waals surface area contributed by atoms with Crippen LogP contribution in [-0.4, -0.2) is 17.3 Å². The van der Waals surface area contributed by atoms with E-state index in [4.69, 9.17) is 0 Å². The summed E-state index contributed by atoms with van der Waals surface area (Å²) in [6.45, 7) is 3.39. The molecule has 12 heavy (non-hydrogen) atoms. The van der Waals surface area contributed by atoms with Crippen LogP contribution in [0.25, 0.3) is 0 Å².